The monoisotopic (exact) mass is 228 g/mol. The molecule has 76 valence electrons. The predicted molar refractivity (Wildman–Crippen MR) is 63.2 cm³/mol. The Morgan fingerprint density at radius 3 is 3.29 bits per heavy atom. The van der Waals surface area contributed by atoms with Crippen molar-refractivity contribution in [1.82, 2.24) is 4.98 Å². The SMILES string of the molecule is Clc1cc(NCC2CCCS2)ccn1. The van der Waals surface area contributed by atoms with Gasteiger partial charge in [0.15, 0.2) is 0 Å². The third-order valence-corrected chi connectivity index (χ3v) is 3.89. The van der Waals surface area contributed by atoms with E-state index in [0.717, 1.165) is 17.5 Å². The minimum Gasteiger partial charge on any atom is -0.384 e. The van der Waals surface area contributed by atoms with Crippen molar-refractivity contribution >= 4 is 29.1 Å². The zero-order chi connectivity index (χ0) is 9.80. The zero-order valence-corrected chi connectivity index (χ0v) is 9.44. The van der Waals surface area contributed by atoms with Crippen molar-refractivity contribution in [3.05, 3.63) is 23.5 Å². The summed E-state index contributed by atoms with van der Waals surface area (Å²) in [6.45, 7) is 1.03. The summed E-state index contributed by atoms with van der Waals surface area (Å²) in [7, 11) is 0. The molecule has 0 aliphatic carbocycles. The summed E-state index contributed by atoms with van der Waals surface area (Å²) in [5, 5.41) is 4.70. The van der Waals surface area contributed by atoms with Gasteiger partial charge in [-0.1, -0.05) is 11.6 Å². The second-order valence-corrected chi connectivity index (χ2v) is 5.18. The van der Waals surface area contributed by atoms with Gasteiger partial charge in [-0.2, -0.15) is 11.8 Å². The summed E-state index contributed by atoms with van der Waals surface area (Å²) in [5.74, 6) is 1.31. The largest absolute Gasteiger partial charge is 0.384 e. The van der Waals surface area contributed by atoms with Crippen molar-refractivity contribution in [2.24, 2.45) is 0 Å². The maximum absolute atomic E-state index is 5.78. The van der Waals surface area contributed by atoms with Crippen LogP contribution in [0.15, 0.2) is 18.3 Å². The molecule has 1 aliphatic heterocycles. The van der Waals surface area contributed by atoms with E-state index in [9.17, 15) is 0 Å². The van der Waals surface area contributed by atoms with Crippen molar-refractivity contribution in [2.45, 2.75) is 18.1 Å². The van der Waals surface area contributed by atoms with Crippen LogP contribution < -0.4 is 5.32 Å². The number of rotatable bonds is 3. The minimum absolute atomic E-state index is 0.550. The zero-order valence-electron chi connectivity index (χ0n) is 7.87. The molecular weight excluding hydrogens is 216 g/mol. The molecule has 0 radical (unpaired) electrons. The highest BCUT2D eigenvalue weighted by Gasteiger charge is 2.14. The number of anilines is 1. The minimum atomic E-state index is 0.550. The summed E-state index contributed by atoms with van der Waals surface area (Å²) in [6.07, 6.45) is 4.41. The van der Waals surface area contributed by atoms with E-state index in [0.29, 0.717) is 5.15 Å². The van der Waals surface area contributed by atoms with Gasteiger partial charge in [-0.25, -0.2) is 4.98 Å². The molecule has 2 nitrogen and oxygen atoms in total. The van der Waals surface area contributed by atoms with Gasteiger partial charge < -0.3 is 5.32 Å². The van der Waals surface area contributed by atoms with Crippen molar-refractivity contribution in [2.75, 3.05) is 17.6 Å². The highest BCUT2D eigenvalue weighted by molar-refractivity contribution is 8.00. The number of nitrogens with zero attached hydrogens (tertiary/aromatic N) is 1. The van der Waals surface area contributed by atoms with Crippen LogP contribution in [-0.4, -0.2) is 22.5 Å². The van der Waals surface area contributed by atoms with E-state index in [1.54, 1.807) is 6.20 Å². The first-order valence-electron chi connectivity index (χ1n) is 4.81. The first kappa shape index (κ1) is 10.1. The van der Waals surface area contributed by atoms with Gasteiger partial charge in [0.05, 0.1) is 0 Å². The molecule has 0 saturated carbocycles. The average Bonchev–Trinajstić information content (AvgIpc) is 2.67. The quantitative estimate of drug-likeness (QED) is 0.805. The van der Waals surface area contributed by atoms with Gasteiger partial charge in [0, 0.05) is 23.7 Å². The molecule has 0 aromatic carbocycles. The molecule has 1 aliphatic rings. The number of nitrogens with one attached hydrogen (secondary N) is 1. The lowest BCUT2D eigenvalue weighted by Crippen LogP contribution is -2.13. The van der Waals surface area contributed by atoms with Crippen LogP contribution in [0.3, 0.4) is 0 Å². The molecule has 1 unspecified atom stereocenters. The van der Waals surface area contributed by atoms with Gasteiger partial charge in [0.25, 0.3) is 0 Å². The molecule has 0 amide bonds. The Bertz CT molecular complexity index is 300. The van der Waals surface area contributed by atoms with Crippen LogP contribution in [0.5, 0.6) is 0 Å². The van der Waals surface area contributed by atoms with Crippen LogP contribution in [0.4, 0.5) is 5.69 Å². The lowest BCUT2D eigenvalue weighted by molar-refractivity contribution is 0.805. The maximum Gasteiger partial charge on any atom is 0.131 e. The van der Waals surface area contributed by atoms with Gasteiger partial charge in [-0.15, -0.1) is 0 Å². The fourth-order valence-electron chi connectivity index (χ4n) is 1.55. The average molecular weight is 229 g/mol. The Morgan fingerprint density at radius 2 is 2.57 bits per heavy atom. The van der Waals surface area contributed by atoms with Crippen molar-refractivity contribution in [1.29, 1.82) is 0 Å². The van der Waals surface area contributed by atoms with Gasteiger partial charge in [-0.3, -0.25) is 0 Å². The van der Waals surface area contributed by atoms with Gasteiger partial charge >= 0.3 is 0 Å². The Morgan fingerprint density at radius 1 is 1.64 bits per heavy atom. The van der Waals surface area contributed by atoms with Crippen LogP contribution in [0.1, 0.15) is 12.8 Å². The number of hydrogen-bond donors (Lipinski definition) is 1. The third kappa shape index (κ3) is 2.79. The molecule has 2 rings (SSSR count). The third-order valence-electron chi connectivity index (χ3n) is 2.28. The summed E-state index contributed by atoms with van der Waals surface area (Å²) in [6, 6.07) is 3.81. The highest BCUT2D eigenvalue weighted by Crippen LogP contribution is 2.26. The molecule has 2 heterocycles. The Balaban J connectivity index is 1.85. The lowest BCUT2D eigenvalue weighted by atomic mass is 10.2. The Labute approximate surface area is 93.4 Å². The number of halogens is 1. The van der Waals surface area contributed by atoms with Gasteiger partial charge in [0.1, 0.15) is 5.15 Å². The van der Waals surface area contributed by atoms with E-state index in [4.69, 9.17) is 11.6 Å². The van der Waals surface area contributed by atoms with Crippen LogP contribution >= 0.6 is 23.4 Å². The summed E-state index contributed by atoms with van der Waals surface area (Å²) < 4.78 is 0. The summed E-state index contributed by atoms with van der Waals surface area (Å²) in [4.78, 5) is 3.94. The van der Waals surface area contributed by atoms with Crippen molar-refractivity contribution in [3.63, 3.8) is 0 Å². The van der Waals surface area contributed by atoms with Crippen LogP contribution in [-0.2, 0) is 0 Å². The second-order valence-electron chi connectivity index (χ2n) is 3.38. The number of aromatic nitrogens is 1. The molecule has 1 fully saturated rings. The van der Waals surface area contributed by atoms with E-state index in [2.05, 4.69) is 22.1 Å². The smallest absolute Gasteiger partial charge is 0.131 e. The van der Waals surface area contributed by atoms with E-state index in [-0.39, 0.29) is 0 Å². The molecule has 0 bridgehead atoms. The molecule has 1 aromatic rings. The van der Waals surface area contributed by atoms with Gasteiger partial charge in [-0.05, 0) is 30.7 Å². The molecule has 1 N–H and O–H groups in total. The fraction of sp³-hybridized carbons (Fsp3) is 0.500. The van der Waals surface area contributed by atoms with E-state index in [1.165, 1.54) is 18.6 Å². The summed E-state index contributed by atoms with van der Waals surface area (Å²) in [5.41, 5.74) is 1.07. The first-order valence-corrected chi connectivity index (χ1v) is 6.24. The van der Waals surface area contributed by atoms with E-state index in [1.807, 2.05) is 12.1 Å². The maximum atomic E-state index is 5.78. The lowest BCUT2D eigenvalue weighted by Gasteiger charge is -2.10. The molecule has 4 heteroatoms. The number of thioether (sulfide) groups is 1. The highest BCUT2D eigenvalue weighted by atomic mass is 35.5. The van der Waals surface area contributed by atoms with E-state index < -0.39 is 0 Å². The normalized spacial score (nSPS) is 21.1. The molecule has 14 heavy (non-hydrogen) atoms. The standard InChI is InChI=1S/C10H13ClN2S/c11-10-6-8(3-4-12-10)13-7-9-2-1-5-14-9/h3-4,6,9H,1-2,5,7H2,(H,12,13). The van der Waals surface area contributed by atoms with Crippen LogP contribution in [0.25, 0.3) is 0 Å². The second kappa shape index (κ2) is 4.89. The Kier molecular flexibility index (Phi) is 3.54. The topological polar surface area (TPSA) is 24.9 Å². The fourth-order valence-corrected chi connectivity index (χ4v) is 2.92. The molecule has 1 saturated heterocycles. The number of pyridine rings is 1. The molecule has 1 aromatic heterocycles. The summed E-state index contributed by atoms with van der Waals surface area (Å²) >= 11 is 7.84. The van der Waals surface area contributed by atoms with Crippen molar-refractivity contribution < 1.29 is 0 Å². The van der Waals surface area contributed by atoms with Crippen LogP contribution in [0.2, 0.25) is 5.15 Å². The molecule has 1 atom stereocenters. The van der Waals surface area contributed by atoms with Crippen LogP contribution in [0, 0.1) is 0 Å². The molecular formula is C10H13ClN2S. The van der Waals surface area contributed by atoms with Crippen molar-refractivity contribution in [3.8, 4) is 0 Å². The predicted octanol–water partition coefficient (Wildman–Crippen LogP) is 3.04. The first-order chi connectivity index (χ1) is 6.84. The number of hydrogen-bond acceptors (Lipinski definition) is 3. The molecule has 0 spiro atoms. The Hall–Kier alpha value is -0.410. The van der Waals surface area contributed by atoms with Gasteiger partial charge in [0.2, 0.25) is 0 Å². The van der Waals surface area contributed by atoms with E-state index >= 15 is 0 Å².